The van der Waals surface area contributed by atoms with Gasteiger partial charge in [0.15, 0.2) is 0 Å². The second-order valence-corrected chi connectivity index (χ2v) is 6.42. The van der Waals surface area contributed by atoms with E-state index in [1.165, 1.54) is 0 Å². The number of benzene rings is 1. The standard InChI is InChI=1S/C17H24N4O2/c1-13(22)18-10-14-6-5-9-20(11-14)12-21-16-8-4-3-7-15(16)19(2)17(21)23/h3-4,7-8,14H,5-6,9-12H2,1-2H3,(H,18,22). The lowest BCUT2D eigenvalue weighted by Crippen LogP contribution is -2.42. The normalized spacial score (nSPS) is 19.1. The fourth-order valence-corrected chi connectivity index (χ4v) is 3.43. The Labute approximate surface area is 135 Å². The summed E-state index contributed by atoms with van der Waals surface area (Å²) in [6, 6.07) is 7.89. The molecule has 1 aromatic carbocycles. The lowest BCUT2D eigenvalue weighted by atomic mass is 9.98. The highest BCUT2D eigenvalue weighted by Crippen LogP contribution is 2.18. The average Bonchev–Trinajstić information content (AvgIpc) is 2.79. The van der Waals surface area contributed by atoms with E-state index in [-0.39, 0.29) is 11.6 Å². The fraction of sp³-hybridized carbons (Fsp3) is 0.529. The first-order chi connectivity index (χ1) is 11.1. The molecular formula is C17H24N4O2. The SMILES string of the molecule is CC(=O)NCC1CCCN(Cn2c(=O)n(C)c3ccccc32)C1. The van der Waals surface area contributed by atoms with Crippen LogP contribution < -0.4 is 11.0 Å². The van der Waals surface area contributed by atoms with E-state index in [1.807, 2.05) is 35.9 Å². The fourth-order valence-electron chi connectivity index (χ4n) is 3.43. The maximum Gasteiger partial charge on any atom is 0.329 e. The van der Waals surface area contributed by atoms with Gasteiger partial charge in [-0.25, -0.2) is 4.79 Å². The molecule has 0 radical (unpaired) electrons. The van der Waals surface area contributed by atoms with Crippen LogP contribution in [0.2, 0.25) is 0 Å². The largest absolute Gasteiger partial charge is 0.356 e. The molecule has 0 bridgehead atoms. The summed E-state index contributed by atoms with van der Waals surface area (Å²) in [5.74, 6) is 0.478. The Balaban J connectivity index is 1.76. The van der Waals surface area contributed by atoms with E-state index in [1.54, 1.807) is 11.5 Å². The minimum Gasteiger partial charge on any atom is -0.356 e. The molecule has 1 saturated heterocycles. The molecule has 0 saturated carbocycles. The molecule has 1 N–H and O–H groups in total. The number of hydrogen-bond donors (Lipinski definition) is 1. The van der Waals surface area contributed by atoms with Gasteiger partial charge in [0.1, 0.15) is 0 Å². The van der Waals surface area contributed by atoms with Gasteiger partial charge in [-0.2, -0.15) is 0 Å². The summed E-state index contributed by atoms with van der Waals surface area (Å²) in [6.07, 6.45) is 2.23. The molecule has 6 nitrogen and oxygen atoms in total. The van der Waals surface area contributed by atoms with Gasteiger partial charge in [0.2, 0.25) is 5.91 Å². The van der Waals surface area contributed by atoms with Gasteiger partial charge in [0.25, 0.3) is 0 Å². The van der Waals surface area contributed by atoms with Gasteiger partial charge in [0.05, 0.1) is 17.7 Å². The van der Waals surface area contributed by atoms with Crippen LogP contribution in [0.4, 0.5) is 0 Å². The predicted octanol–water partition coefficient (Wildman–Crippen LogP) is 1.15. The van der Waals surface area contributed by atoms with Crippen LogP contribution in [0.3, 0.4) is 0 Å². The van der Waals surface area contributed by atoms with Crippen LogP contribution in [-0.2, 0) is 18.5 Å². The third kappa shape index (κ3) is 3.32. The number of carbonyl (C=O) groups excluding carboxylic acids is 1. The monoisotopic (exact) mass is 316 g/mol. The van der Waals surface area contributed by atoms with Crippen molar-refractivity contribution in [2.45, 2.75) is 26.4 Å². The lowest BCUT2D eigenvalue weighted by molar-refractivity contribution is -0.119. The lowest BCUT2D eigenvalue weighted by Gasteiger charge is -2.32. The van der Waals surface area contributed by atoms with Crippen molar-refractivity contribution in [1.29, 1.82) is 0 Å². The van der Waals surface area contributed by atoms with Crippen LogP contribution in [0.25, 0.3) is 11.0 Å². The number of nitrogens with zero attached hydrogens (tertiary/aromatic N) is 3. The molecule has 1 aliphatic rings. The summed E-state index contributed by atoms with van der Waals surface area (Å²) in [5.41, 5.74) is 1.96. The van der Waals surface area contributed by atoms with Crippen molar-refractivity contribution in [3.8, 4) is 0 Å². The van der Waals surface area contributed by atoms with Gasteiger partial charge in [-0.3, -0.25) is 18.8 Å². The summed E-state index contributed by atoms with van der Waals surface area (Å²) >= 11 is 0. The van der Waals surface area contributed by atoms with E-state index < -0.39 is 0 Å². The van der Waals surface area contributed by atoms with E-state index >= 15 is 0 Å². The summed E-state index contributed by atoms with van der Waals surface area (Å²) in [4.78, 5) is 25.9. The van der Waals surface area contributed by atoms with E-state index in [4.69, 9.17) is 0 Å². The quantitative estimate of drug-likeness (QED) is 0.920. The number of imidazole rings is 1. The Morgan fingerprint density at radius 3 is 2.78 bits per heavy atom. The van der Waals surface area contributed by atoms with E-state index in [0.717, 1.165) is 43.5 Å². The highest BCUT2D eigenvalue weighted by atomic mass is 16.2. The Morgan fingerprint density at radius 2 is 2.04 bits per heavy atom. The number of likely N-dealkylation sites (tertiary alicyclic amines) is 1. The molecule has 1 aromatic heterocycles. The smallest absolute Gasteiger partial charge is 0.329 e. The number of nitrogens with one attached hydrogen (secondary N) is 1. The first-order valence-electron chi connectivity index (χ1n) is 8.17. The van der Waals surface area contributed by atoms with Crippen LogP contribution in [0.1, 0.15) is 19.8 Å². The minimum absolute atomic E-state index is 0.0207. The molecule has 0 aliphatic carbocycles. The van der Waals surface area contributed by atoms with Crippen LogP contribution in [0, 0.1) is 5.92 Å². The number of hydrogen-bond acceptors (Lipinski definition) is 3. The molecule has 23 heavy (non-hydrogen) atoms. The number of aryl methyl sites for hydroxylation is 1. The second kappa shape index (κ2) is 6.58. The average molecular weight is 316 g/mol. The number of carbonyl (C=O) groups is 1. The maximum atomic E-state index is 12.5. The van der Waals surface area contributed by atoms with Crippen LogP contribution in [0.15, 0.2) is 29.1 Å². The van der Waals surface area contributed by atoms with Crippen LogP contribution in [0.5, 0.6) is 0 Å². The molecule has 0 spiro atoms. The zero-order valence-corrected chi connectivity index (χ0v) is 13.8. The number of fused-ring (bicyclic) bond motifs is 1. The van der Waals surface area contributed by atoms with Gasteiger partial charge >= 0.3 is 5.69 Å². The van der Waals surface area contributed by atoms with Gasteiger partial charge in [0, 0.05) is 27.1 Å². The molecule has 2 heterocycles. The molecule has 6 heteroatoms. The zero-order chi connectivity index (χ0) is 16.4. The van der Waals surface area contributed by atoms with E-state index in [2.05, 4.69) is 10.2 Å². The first-order valence-corrected chi connectivity index (χ1v) is 8.17. The topological polar surface area (TPSA) is 59.3 Å². The Hall–Kier alpha value is -2.08. The van der Waals surface area contributed by atoms with Crippen LogP contribution in [-0.4, -0.2) is 39.6 Å². The van der Waals surface area contributed by atoms with Gasteiger partial charge in [-0.1, -0.05) is 12.1 Å². The molecule has 1 amide bonds. The Bertz CT molecular complexity index is 762. The van der Waals surface area contributed by atoms with Crippen molar-refractivity contribution in [1.82, 2.24) is 19.4 Å². The zero-order valence-electron chi connectivity index (χ0n) is 13.8. The van der Waals surface area contributed by atoms with E-state index in [0.29, 0.717) is 12.6 Å². The van der Waals surface area contributed by atoms with Crippen molar-refractivity contribution in [3.63, 3.8) is 0 Å². The third-order valence-electron chi connectivity index (χ3n) is 4.64. The maximum absolute atomic E-state index is 12.5. The molecular weight excluding hydrogens is 292 g/mol. The molecule has 124 valence electrons. The minimum atomic E-state index is 0.0207. The first kappa shape index (κ1) is 15.8. The molecule has 2 aromatic rings. The second-order valence-electron chi connectivity index (χ2n) is 6.42. The number of piperidine rings is 1. The molecule has 1 fully saturated rings. The van der Waals surface area contributed by atoms with Crippen molar-refractivity contribution in [2.24, 2.45) is 13.0 Å². The van der Waals surface area contributed by atoms with Crippen molar-refractivity contribution >= 4 is 16.9 Å². The number of amides is 1. The highest BCUT2D eigenvalue weighted by Gasteiger charge is 2.21. The van der Waals surface area contributed by atoms with Crippen molar-refractivity contribution in [3.05, 3.63) is 34.7 Å². The van der Waals surface area contributed by atoms with Gasteiger partial charge in [-0.05, 0) is 37.4 Å². The summed E-state index contributed by atoms with van der Waals surface area (Å²) in [5, 5.41) is 2.91. The van der Waals surface area contributed by atoms with Crippen molar-refractivity contribution in [2.75, 3.05) is 19.6 Å². The van der Waals surface area contributed by atoms with Gasteiger partial charge in [-0.15, -0.1) is 0 Å². The number of aromatic nitrogens is 2. The summed E-state index contributed by atoms with van der Waals surface area (Å²) < 4.78 is 3.55. The Morgan fingerprint density at radius 1 is 1.30 bits per heavy atom. The highest BCUT2D eigenvalue weighted by molar-refractivity contribution is 5.75. The van der Waals surface area contributed by atoms with E-state index in [9.17, 15) is 9.59 Å². The van der Waals surface area contributed by atoms with Crippen molar-refractivity contribution < 1.29 is 4.79 Å². The molecule has 1 unspecified atom stereocenters. The van der Waals surface area contributed by atoms with Gasteiger partial charge < -0.3 is 5.32 Å². The predicted molar refractivity (Wildman–Crippen MR) is 90.2 cm³/mol. The molecule has 1 atom stereocenters. The number of rotatable bonds is 4. The molecule has 3 rings (SSSR count). The third-order valence-corrected chi connectivity index (χ3v) is 4.64. The summed E-state index contributed by atoms with van der Waals surface area (Å²) in [7, 11) is 1.82. The molecule has 1 aliphatic heterocycles. The Kier molecular flexibility index (Phi) is 4.52. The summed E-state index contributed by atoms with van der Waals surface area (Å²) in [6.45, 7) is 4.78. The van der Waals surface area contributed by atoms with Crippen LogP contribution >= 0.6 is 0 Å². The number of para-hydroxylation sites is 2.